The van der Waals surface area contributed by atoms with Gasteiger partial charge in [0.1, 0.15) is 5.82 Å². The van der Waals surface area contributed by atoms with Crippen molar-refractivity contribution < 1.29 is 9.18 Å². The minimum absolute atomic E-state index is 0.00557. The van der Waals surface area contributed by atoms with Gasteiger partial charge in [-0.3, -0.25) is 9.78 Å². The van der Waals surface area contributed by atoms with Crippen LogP contribution in [0.2, 0.25) is 0 Å². The Morgan fingerprint density at radius 3 is 2.59 bits per heavy atom. The maximum absolute atomic E-state index is 13.2. The largest absolute Gasteiger partial charge is 0.350 e. The van der Waals surface area contributed by atoms with Crippen molar-refractivity contribution in [1.82, 2.24) is 14.9 Å². The average Bonchev–Trinajstić information content (AvgIpc) is 3.11. The molecule has 0 radical (unpaired) electrons. The number of aromatic nitrogens is 2. The zero-order valence-electron chi connectivity index (χ0n) is 16.0. The van der Waals surface area contributed by atoms with Crippen molar-refractivity contribution in [3.63, 3.8) is 0 Å². The molecule has 0 saturated heterocycles. The average molecular weight is 387 g/mol. The van der Waals surface area contributed by atoms with E-state index < -0.39 is 0 Å². The van der Waals surface area contributed by atoms with Crippen molar-refractivity contribution in [3.8, 4) is 0 Å². The molecule has 0 bridgehead atoms. The molecule has 0 fully saturated rings. The number of hydrogen-bond acceptors (Lipinski definition) is 2. The van der Waals surface area contributed by atoms with E-state index in [-0.39, 0.29) is 11.7 Å². The Morgan fingerprint density at radius 1 is 1.00 bits per heavy atom. The van der Waals surface area contributed by atoms with Gasteiger partial charge in [0.2, 0.25) is 5.91 Å². The fraction of sp³-hybridized carbons (Fsp3) is 0.167. The Balaban J connectivity index is 1.44. The molecule has 5 heteroatoms. The summed E-state index contributed by atoms with van der Waals surface area (Å²) < 4.78 is 15.3. The van der Waals surface area contributed by atoms with Gasteiger partial charge in [-0.15, -0.1) is 0 Å². The van der Waals surface area contributed by atoms with Crippen LogP contribution in [-0.4, -0.2) is 15.5 Å². The molecule has 2 aromatic carbocycles. The molecule has 29 heavy (non-hydrogen) atoms. The van der Waals surface area contributed by atoms with Crippen LogP contribution in [0.25, 0.3) is 10.9 Å². The van der Waals surface area contributed by atoms with Crippen LogP contribution >= 0.6 is 0 Å². The first kappa shape index (κ1) is 18.9. The summed E-state index contributed by atoms with van der Waals surface area (Å²) in [6, 6.07) is 20.4. The van der Waals surface area contributed by atoms with Crippen LogP contribution in [0.3, 0.4) is 0 Å². The topological polar surface area (TPSA) is 46.9 Å². The highest BCUT2D eigenvalue weighted by Gasteiger charge is 2.11. The lowest BCUT2D eigenvalue weighted by molar-refractivity contribution is -0.121. The minimum atomic E-state index is -0.233. The molecule has 0 aliphatic carbocycles. The van der Waals surface area contributed by atoms with Gasteiger partial charge in [-0.1, -0.05) is 36.4 Å². The number of fused-ring (bicyclic) bond motifs is 1. The van der Waals surface area contributed by atoms with Crippen LogP contribution in [-0.2, 0) is 24.3 Å². The summed E-state index contributed by atoms with van der Waals surface area (Å²) in [7, 11) is 0. The molecule has 0 aliphatic heterocycles. The maximum atomic E-state index is 13.2. The van der Waals surface area contributed by atoms with Crippen LogP contribution < -0.4 is 5.32 Å². The molecule has 0 aliphatic rings. The number of amides is 1. The number of aryl methyl sites for hydroxylation is 1. The number of carbonyl (C=O) groups excluding carboxylic acids is 1. The van der Waals surface area contributed by atoms with Gasteiger partial charge in [0.15, 0.2) is 0 Å². The second-order valence-corrected chi connectivity index (χ2v) is 7.02. The Labute approximate surface area is 169 Å². The van der Waals surface area contributed by atoms with Crippen molar-refractivity contribution in [3.05, 3.63) is 102 Å². The highest BCUT2D eigenvalue weighted by molar-refractivity contribution is 5.85. The van der Waals surface area contributed by atoms with E-state index in [0.717, 1.165) is 27.7 Å². The number of para-hydroxylation sites is 1. The number of nitrogens with zero attached hydrogens (tertiary/aromatic N) is 2. The number of hydrogen-bond donors (Lipinski definition) is 1. The molecule has 4 rings (SSSR count). The van der Waals surface area contributed by atoms with Crippen LogP contribution in [0, 0.1) is 5.82 Å². The molecule has 2 heterocycles. The zero-order valence-corrected chi connectivity index (χ0v) is 16.0. The van der Waals surface area contributed by atoms with Gasteiger partial charge in [-0.2, -0.15) is 0 Å². The van der Waals surface area contributed by atoms with Gasteiger partial charge >= 0.3 is 0 Å². The number of carbonyl (C=O) groups is 1. The molecular formula is C24H22FN3O. The molecule has 2 aromatic heterocycles. The summed E-state index contributed by atoms with van der Waals surface area (Å²) >= 11 is 0. The van der Waals surface area contributed by atoms with E-state index in [2.05, 4.69) is 33.2 Å². The third kappa shape index (κ3) is 4.69. The maximum Gasteiger partial charge on any atom is 0.220 e. The van der Waals surface area contributed by atoms with Gasteiger partial charge < -0.3 is 9.88 Å². The van der Waals surface area contributed by atoms with E-state index in [0.29, 0.717) is 25.9 Å². The first-order valence-corrected chi connectivity index (χ1v) is 9.67. The molecule has 0 unspecified atom stereocenters. The molecule has 4 nitrogen and oxygen atoms in total. The lowest BCUT2D eigenvalue weighted by Crippen LogP contribution is -2.23. The van der Waals surface area contributed by atoms with E-state index in [1.54, 1.807) is 18.3 Å². The van der Waals surface area contributed by atoms with E-state index in [1.165, 1.54) is 12.1 Å². The van der Waals surface area contributed by atoms with E-state index in [1.807, 2.05) is 30.3 Å². The smallest absolute Gasteiger partial charge is 0.220 e. The number of nitrogens with one attached hydrogen (secondary N) is 1. The van der Waals surface area contributed by atoms with Crippen LogP contribution in [0.4, 0.5) is 4.39 Å². The molecule has 0 saturated carbocycles. The normalized spacial score (nSPS) is 10.9. The first-order chi connectivity index (χ1) is 14.2. The van der Waals surface area contributed by atoms with Crippen molar-refractivity contribution >= 4 is 16.8 Å². The predicted octanol–water partition coefficient (Wildman–Crippen LogP) is 4.47. The highest BCUT2D eigenvalue weighted by atomic mass is 19.1. The highest BCUT2D eigenvalue weighted by Crippen LogP contribution is 2.23. The van der Waals surface area contributed by atoms with Crippen LogP contribution in [0.1, 0.15) is 23.2 Å². The predicted molar refractivity (Wildman–Crippen MR) is 112 cm³/mol. The summed E-state index contributed by atoms with van der Waals surface area (Å²) in [6.07, 6.45) is 4.89. The molecule has 0 spiro atoms. The van der Waals surface area contributed by atoms with Crippen LogP contribution in [0.5, 0.6) is 0 Å². The minimum Gasteiger partial charge on any atom is -0.350 e. The third-order valence-electron chi connectivity index (χ3n) is 4.95. The number of halogens is 1. The number of benzene rings is 2. The van der Waals surface area contributed by atoms with Crippen molar-refractivity contribution in [2.45, 2.75) is 25.9 Å². The Bertz CT molecular complexity index is 1100. The van der Waals surface area contributed by atoms with Gasteiger partial charge in [0.25, 0.3) is 0 Å². The third-order valence-corrected chi connectivity index (χ3v) is 4.95. The molecule has 4 aromatic rings. The van der Waals surface area contributed by atoms with Gasteiger partial charge in [-0.05, 0) is 47.9 Å². The lowest BCUT2D eigenvalue weighted by atomic mass is 10.1. The monoisotopic (exact) mass is 387 g/mol. The lowest BCUT2D eigenvalue weighted by Gasteiger charge is -2.05. The number of pyridine rings is 1. The molecule has 1 amide bonds. The van der Waals surface area contributed by atoms with Crippen molar-refractivity contribution in [2.75, 3.05) is 0 Å². The fourth-order valence-electron chi connectivity index (χ4n) is 3.47. The molecule has 146 valence electrons. The van der Waals surface area contributed by atoms with E-state index in [4.69, 9.17) is 0 Å². The zero-order chi connectivity index (χ0) is 20.1. The van der Waals surface area contributed by atoms with Gasteiger partial charge in [0.05, 0.1) is 12.2 Å². The van der Waals surface area contributed by atoms with E-state index >= 15 is 0 Å². The molecular weight excluding hydrogens is 365 g/mol. The van der Waals surface area contributed by atoms with Crippen LogP contribution in [0.15, 0.2) is 79.1 Å². The Morgan fingerprint density at radius 2 is 1.79 bits per heavy atom. The summed E-state index contributed by atoms with van der Waals surface area (Å²) in [4.78, 5) is 16.5. The van der Waals surface area contributed by atoms with Gasteiger partial charge in [0, 0.05) is 36.3 Å². The molecule has 0 atom stereocenters. The Hall–Kier alpha value is -3.47. The standard InChI is InChI=1S/C24H22FN3O/c25-20-11-8-18(9-12-20)16-28-17-19(22-6-1-2-7-23(22)28)10-13-24(29)27-15-21-5-3-4-14-26-21/h1-9,11-12,14,17H,10,13,15-16H2,(H,27,29). The summed E-state index contributed by atoms with van der Waals surface area (Å²) in [6.45, 7) is 1.10. The van der Waals surface area contributed by atoms with Crippen molar-refractivity contribution in [2.24, 2.45) is 0 Å². The van der Waals surface area contributed by atoms with E-state index in [9.17, 15) is 9.18 Å². The second-order valence-electron chi connectivity index (χ2n) is 7.02. The fourth-order valence-corrected chi connectivity index (χ4v) is 3.47. The summed E-state index contributed by atoms with van der Waals surface area (Å²) in [5, 5.41) is 4.07. The summed E-state index contributed by atoms with van der Waals surface area (Å²) in [5.41, 5.74) is 4.12. The summed E-state index contributed by atoms with van der Waals surface area (Å²) in [5.74, 6) is -0.227. The quantitative estimate of drug-likeness (QED) is 0.508. The van der Waals surface area contributed by atoms with Crippen molar-refractivity contribution in [1.29, 1.82) is 0 Å². The second kappa shape index (κ2) is 8.69. The molecule has 1 N–H and O–H groups in total. The van der Waals surface area contributed by atoms with Gasteiger partial charge in [-0.25, -0.2) is 4.39 Å². The Kier molecular flexibility index (Phi) is 5.66. The SMILES string of the molecule is O=C(CCc1cn(Cc2ccc(F)cc2)c2ccccc12)NCc1ccccn1. The first-order valence-electron chi connectivity index (χ1n) is 9.67. The number of rotatable bonds is 7.